The first-order chi connectivity index (χ1) is 13.6. The third-order valence-electron chi connectivity index (χ3n) is 4.66. The molecule has 0 bridgehead atoms. The van der Waals surface area contributed by atoms with Crippen molar-refractivity contribution in [2.45, 2.75) is 25.6 Å². The lowest BCUT2D eigenvalue weighted by Gasteiger charge is -2.24. The first kappa shape index (κ1) is 20.3. The highest BCUT2D eigenvalue weighted by molar-refractivity contribution is 6.21. The molecular formula is C19H16F3N3O4. The standard InChI is InChI=1S/C19H16F3N3O4/c1-11-6-7-12(10-15(11)25(28)29)23-16(19(20,21)22)8-9-24-17(26)13-4-2-3-5-14(13)18(24)27/h2-7,10,16,23H,8-9H2,1H3. The van der Waals surface area contributed by atoms with Crippen molar-refractivity contribution < 1.29 is 27.7 Å². The molecule has 2 aromatic rings. The molecular weight excluding hydrogens is 391 g/mol. The van der Waals surface area contributed by atoms with Gasteiger partial charge in [0.05, 0.1) is 16.1 Å². The molecule has 152 valence electrons. The van der Waals surface area contributed by atoms with E-state index in [1.54, 1.807) is 12.1 Å². The van der Waals surface area contributed by atoms with Crippen molar-refractivity contribution in [3.63, 3.8) is 0 Å². The normalized spacial score (nSPS) is 14.7. The molecule has 7 nitrogen and oxygen atoms in total. The van der Waals surface area contributed by atoms with Crippen LogP contribution < -0.4 is 5.32 Å². The Morgan fingerprint density at radius 3 is 2.21 bits per heavy atom. The molecule has 2 amide bonds. The van der Waals surface area contributed by atoms with Crippen molar-refractivity contribution in [3.05, 3.63) is 69.3 Å². The van der Waals surface area contributed by atoms with Crippen LogP contribution in [0.3, 0.4) is 0 Å². The van der Waals surface area contributed by atoms with Gasteiger partial charge in [0, 0.05) is 23.9 Å². The number of halogens is 3. The van der Waals surface area contributed by atoms with Crippen LogP contribution in [-0.2, 0) is 0 Å². The van der Waals surface area contributed by atoms with Gasteiger partial charge in [0.1, 0.15) is 6.04 Å². The summed E-state index contributed by atoms with van der Waals surface area (Å²) in [5.41, 5.74) is 0.241. The molecule has 0 fully saturated rings. The van der Waals surface area contributed by atoms with Crippen LogP contribution in [0.15, 0.2) is 42.5 Å². The number of benzene rings is 2. The molecule has 1 atom stereocenters. The Hall–Kier alpha value is -3.43. The molecule has 0 radical (unpaired) electrons. The summed E-state index contributed by atoms with van der Waals surface area (Å²) in [6.07, 6.45) is -5.30. The molecule has 0 spiro atoms. The minimum atomic E-state index is -4.70. The summed E-state index contributed by atoms with van der Waals surface area (Å²) in [4.78, 5) is 35.7. The molecule has 10 heteroatoms. The minimum absolute atomic E-state index is 0.0769. The molecule has 0 saturated carbocycles. The fourth-order valence-electron chi connectivity index (χ4n) is 3.12. The Morgan fingerprint density at radius 2 is 1.69 bits per heavy atom. The van der Waals surface area contributed by atoms with Crippen molar-refractivity contribution in [2.24, 2.45) is 0 Å². The van der Waals surface area contributed by atoms with Gasteiger partial charge < -0.3 is 5.32 Å². The van der Waals surface area contributed by atoms with E-state index < -0.39 is 41.9 Å². The van der Waals surface area contributed by atoms with Crippen LogP contribution >= 0.6 is 0 Å². The maximum atomic E-state index is 13.5. The van der Waals surface area contributed by atoms with Crippen molar-refractivity contribution in [1.29, 1.82) is 0 Å². The van der Waals surface area contributed by atoms with Crippen LogP contribution in [-0.4, -0.2) is 40.4 Å². The zero-order chi connectivity index (χ0) is 21.3. The predicted octanol–water partition coefficient (Wildman–Crippen LogP) is 3.93. The van der Waals surface area contributed by atoms with Gasteiger partial charge in [0.2, 0.25) is 0 Å². The quantitative estimate of drug-likeness (QED) is 0.445. The topological polar surface area (TPSA) is 92.6 Å². The van der Waals surface area contributed by atoms with Gasteiger partial charge in [0.25, 0.3) is 17.5 Å². The van der Waals surface area contributed by atoms with E-state index in [-0.39, 0.29) is 22.5 Å². The summed E-state index contributed by atoms with van der Waals surface area (Å²) in [6, 6.07) is 7.60. The van der Waals surface area contributed by atoms with E-state index in [2.05, 4.69) is 5.32 Å². The molecule has 1 heterocycles. The number of aryl methyl sites for hydroxylation is 1. The number of alkyl halides is 3. The highest BCUT2D eigenvalue weighted by Crippen LogP contribution is 2.30. The Bertz CT molecular complexity index is 956. The molecule has 1 aliphatic rings. The van der Waals surface area contributed by atoms with E-state index >= 15 is 0 Å². The molecule has 1 unspecified atom stereocenters. The van der Waals surface area contributed by atoms with Crippen LogP contribution in [0.1, 0.15) is 32.7 Å². The number of nitro groups is 1. The fourth-order valence-corrected chi connectivity index (χ4v) is 3.12. The van der Waals surface area contributed by atoms with Gasteiger partial charge >= 0.3 is 6.18 Å². The summed E-state index contributed by atoms with van der Waals surface area (Å²) >= 11 is 0. The number of hydrogen-bond acceptors (Lipinski definition) is 5. The fraction of sp³-hybridized carbons (Fsp3) is 0.263. The number of amides is 2. The number of fused-ring (bicyclic) bond motifs is 1. The Kier molecular flexibility index (Phi) is 5.27. The molecule has 1 N–H and O–H groups in total. The summed E-state index contributed by atoms with van der Waals surface area (Å²) in [6.45, 7) is 1.03. The second-order valence-corrected chi connectivity index (χ2v) is 6.59. The smallest absolute Gasteiger partial charge is 0.374 e. The average molecular weight is 407 g/mol. The monoisotopic (exact) mass is 407 g/mol. The van der Waals surface area contributed by atoms with Crippen LogP contribution in [0, 0.1) is 17.0 Å². The number of rotatable bonds is 6. The number of hydrogen-bond donors (Lipinski definition) is 1. The third-order valence-corrected chi connectivity index (χ3v) is 4.66. The molecule has 0 aliphatic carbocycles. The highest BCUT2D eigenvalue weighted by Gasteiger charge is 2.42. The molecule has 2 aromatic carbocycles. The van der Waals surface area contributed by atoms with Gasteiger partial charge in [-0.25, -0.2) is 0 Å². The van der Waals surface area contributed by atoms with E-state index in [0.29, 0.717) is 5.56 Å². The van der Waals surface area contributed by atoms with Gasteiger partial charge in [-0.3, -0.25) is 24.6 Å². The largest absolute Gasteiger partial charge is 0.408 e. The lowest BCUT2D eigenvalue weighted by Crippen LogP contribution is -2.41. The van der Waals surface area contributed by atoms with E-state index in [1.165, 1.54) is 31.2 Å². The van der Waals surface area contributed by atoms with E-state index in [4.69, 9.17) is 0 Å². The van der Waals surface area contributed by atoms with Crippen LogP contribution in [0.5, 0.6) is 0 Å². The first-order valence-electron chi connectivity index (χ1n) is 8.63. The number of anilines is 1. The second-order valence-electron chi connectivity index (χ2n) is 6.59. The van der Waals surface area contributed by atoms with E-state index in [0.717, 1.165) is 11.0 Å². The van der Waals surface area contributed by atoms with Crippen molar-refractivity contribution >= 4 is 23.2 Å². The number of carbonyl (C=O) groups is 2. The first-order valence-corrected chi connectivity index (χ1v) is 8.63. The van der Waals surface area contributed by atoms with Gasteiger partial charge in [-0.15, -0.1) is 0 Å². The SMILES string of the molecule is Cc1ccc(NC(CCN2C(=O)c3ccccc3C2=O)C(F)(F)F)cc1[N+](=O)[O-]. The second kappa shape index (κ2) is 7.53. The summed E-state index contributed by atoms with van der Waals surface area (Å²) in [5.74, 6) is -1.28. The van der Waals surface area contributed by atoms with E-state index in [1.807, 2.05) is 0 Å². The van der Waals surface area contributed by atoms with Gasteiger partial charge in [-0.2, -0.15) is 13.2 Å². The lowest BCUT2D eigenvalue weighted by molar-refractivity contribution is -0.385. The molecule has 3 rings (SSSR count). The van der Waals surface area contributed by atoms with Gasteiger partial charge in [0.15, 0.2) is 0 Å². The van der Waals surface area contributed by atoms with Gasteiger partial charge in [-0.1, -0.05) is 18.2 Å². The van der Waals surface area contributed by atoms with Crippen molar-refractivity contribution in [2.75, 3.05) is 11.9 Å². The van der Waals surface area contributed by atoms with Gasteiger partial charge in [-0.05, 0) is 31.5 Å². The van der Waals surface area contributed by atoms with Crippen molar-refractivity contribution in [1.82, 2.24) is 4.90 Å². The maximum Gasteiger partial charge on any atom is 0.408 e. The maximum absolute atomic E-state index is 13.5. The third kappa shape index (κ3) is 4.05. The highest BCUT2D eigenvalue weighted by atomic mass is 19.4. The van der Waals surface area contributed by atoms with Crippen LogP contribution in [0.4, 0.5) is 24.5 Å². The molecule has 0 aromatic heterocycles. The zero-order valence-corrected chi connectivity index (χ0v) is 15.2. The molecule has 29 heavy (non-hydrogen) atoms. The lowest BCUT2D eigenvalue weighted by atomic mass is 10.1. The summed E-state index contributed by atoms with van der Waals surface area (Å²) < 4.78 is 40.5. The van der Waals surface area contributed by atoms with Crippen LogP contribution in [0.2, 0.25) is 0 Å². The number of carbonyl (C=O) groups excluding carboxylic acids is 2. The zero-order valence-electron chi connectivity index (χ0n) is 15.2. The minimum Gasteiger partial charge on any atom is -0.374 e. The average Bonchev–Trinajstić information content (AvgIpc) is 2.90. The number of nitrogens with zero attached hydrogens (tertiary/aromatic N) is 2. The van der Waals surface area contributed by atoms with Crippen molar-refractivity contribution in [3.8, 4) is 0 Å². The Labute approximate surface area is 163 Å². The molecule has 0 saturated heterocycles. The molecule has 1 aliphatic heterocycles. The Morgan fingerprint density at radius 1 is 1.10 bits per heavy atom. The number of nitro benzene ring substituents is 1. The van der Waals surface area contributed by atoms with Crippen LogP contribution in [0.25, 0.3) is 0 Å². The Balaban J connectivity index is 1.76. The summed E-state index contributed by atoms with van der Waals surface area (Å²) in [5, 5.41) is 13.2. The number of imide groups is 1. The number of nitrogens with one attached hydrogen (secondary N) is 1. The van der Waals surface area contributed by atoms with E-state index in [9.17, 15) is 32.9 Å². The predicted molar refractivity (Wildman–Crippen MR) is 97.7 cm³/mol. The summed E-state index contributed by atoms with van der Waals surface area (Å²) in [7, 11) is 0.